The molecule has 4 rings (SSSR count). The van der Waals surface area contributed by atoms with Crippen LogP contribution in [0.1, 0.15) is 23.8 Å². The monoisotopic (exact) mass is 399 g/mol. The fourth-order valence-electron chi connectivity index (χ4n) is 3.11. The van der Waals surface area contributed by atoms with E-state index >= 15 is 0 Å². The third-order valence-electron chi connectivity index (χ3n) is 4.56. The number of amides is 1. The van der Waals surface area contributed by atoms with E-state index < -0.39 is 5.91 Å². The Morgan fingerprint density at radius 3 is 2.33 bits per heavy atom. The van der Waals surface area contributed by atoms with Crippen molar-refractivity contribution in [1.82, 2.24) is 19.6 Å². The highest BCUT2D eigenvalue weighted by atomic mass is 16.2. The molecule has 0 aliphatic heterocycles. The minimum atomic E-state index is -0.406. The van der Waals surface area contributed by atoms with Gasteiger partial charge >= 0.3 is 0 Å². The van der Waals surface area contributed by atoms with Gasteiger partial charge in [-0.2, -0.15) is 10.2 Å². The molecule has 0 aliphatic rings. The number of aromatic nitrogens is 4. The van der Waals surface area contributed by atoms with E-state index in [0.29, 0.717) is 12.4 Å². The zero-order valence-electron chi connectivity index (χ0n) is 16.5. The fourth-order valence-corrected chi connectivity index (χ4v) is 3.11. The molecule has 0 saturated heterocycles. The van der Waals surface area contributed by atoms with E-state index in [4.69, 9.17) is 0 Å². The van der Waals surface area contributed by atoms with Gasteiger partial charge in [0, 0.05) is 24.2 Å². The fraction of sp³-hybridized carbons (Fsp3) is 0.130. The third-order valence-corrected chi connectivity index (χ3v) is 4.56. The number of carbonyl (C=O) groups is 1. The second kappa shape index (κ2) is 8.57. The van der Waals surface area contributed by atoms with Crippen LogP contribution in [-0.4, -0.2) is 25.5 Å². The lowest BCUT2D eigenvalue weighted by molar-refractivity contribution is 0.101. The maximum Gasteiger partial charge on any atom is 0.277 e. The molecule has 2 heterocycles. The average molecular weight is 399 g/mol. The van der Waals surface area contributed by atoms with Crippen LogP contribution in [0.25, 0.3) is 16.9 Å². The van der Waals surface area contributed by atoms with E-state index in [9.17, 15) is 9.59 Å². The number of carbonyl (C=O) groups excluding carboxylic acids is 1. The quantitative estimate of drug-likeness (QED) is 0.535. The first-order valence-corrected chi connectivity index (χ1v) is 9.76. The third kappa shape index (κ3) is 4.05. The molecule has 0 radical (unpaired) electrons. The van der Waals surface area contributed by atoms with Gasteiger partial charge in [0.05, 0.1) is 11.4 Å². The smallest absolute Gasteiger partial charge is 0.277 e. The molecule has 7 nitrogen and oxygen atoms in total. The van der Waals surface area contributed by atoms with Crippen molar-refractivity contribution < 1.29 is 4.79 Å². The summed E-state index contributed by atoms with van der Waals surface area (Å²) < 4.78 is 2.99. The lowest BCUT2D eigenvalue weighted by atomic mass is 10.1. The highest BCUT2D eigenvalue weighted by Crippen LogP contribution is 2.25. The van der Waals surface area contributed by atoms with Crippen LogP contribution in [0.15, 0.2) is 83.7 Å². The summed E-state index contributed by atoms with van der Waals surface area (Å²) in [6.45, 7) is 2.41. The molecule has 0 spiro atoms. The van der Waals surface area contributed by atoms with Gasteiger partial charge in [-0.15, -0.1) is 0 Å². The number of hydrogen-bond acceptors (Lipinski definition) is 4. The summed E-state index contributed by atoms with van der Waals surface area (Å²) in [7, 11) is 0. The highest BCUT2D eigenvalue weighted by molar-refractivity contribution is 6.02. The molecular formula is C23H21N5O2. The number of anilines is 1. The standard InChI is InChI=1S/C23H21N5O2/c1-2-15-27-22(29)14-13-19(25-27)23(30)24-21-16-20(17-9-5-3-6-10-17)26-28(21)18-11-7-4-8-12-18/h3-14,16H,2,15H2,1H3,(H,24,30). The first-order valence-electron chi connectivity index (χ1n) is 9.76. The van der Waals surface area contributed by atoms with E-state index in [1.165, 1.54) is 16.8 Å². The first kappa shape index (κ1) is 19.3. The second-order valence-corrected chi connectivity index (χ2v) is 6.76. The van der Waals surface area contributed by atoms with Crippen molar-refractivity contribution in [1.29, 1.82) is 0 Å². The van der Waals surface area contributed by atoms with Crippen LogP contribution in [0.3, 0.4) is 0 Å². The molecule has 1 amide bonds. The molecule has 4 aromatic rings. The van der Waals surface area contributed by atoms with Gasteiger partial charge in [-0.05, 0) is 24.6 Å². The van der Waals surface area contributed by atoms with Crippen molar-refractivity contribution in [2.75, 3.05) is 5.32 Å². The summed E-state index contributed by atoms with van der Waals surface area (Å²) in [6.07, 6.45) is 0.749. The van der Waals surface area contributed by atoms with Crippen molar-refractivity contribution in [3.63, 3.8) is 0 Å². The Labute approximate surface area is 173 Å². The second-order valence-electron chi connectivity index (χ2n) is 6.76. The largest absolute Gasteiger partial charge is 0.305 e. The molecule has 7 heteroatoms. The summed E-state index contributed by atoms with van der Waals surface area (Å²) in [5.74, 6) is 0.108. The van der Waals surface area contributed by atoms with Gasteiger partial charge < -0.3 is 5.32 Å². The predicted molar refractivity (Wildman–Crippen MR) is 116 cm³/mol. The lowest BCUT2D eigenvalue weighted by Gasteiger charge is -2.09. The molecule has 0 atom stereocenters. The van der Waals surface area contributed by atoms with Crippen LogP contribution >= 0.6 is 0 Å². The van der Waals surface area contributed by atoms with E-state index in [1.54, 1.807) is 4.68 Å². The van der Waals surface area contributed by atoms with Crippen molar-refractivity contribution in [3.8, 4) is 16.9 Å². The topological polar surface area (TPSA) is 81.8 Å². The van der Waals surface area contributed by atoms with Crippen molar-refractivity contribution >= 4 is 11.7 Å². The SMILES string of the molecule is CCCn1nc(C(=O)Nc2cc(-c3ccccc3)nn2-c2ccccc2)ccc1=O. The minimum Gasteiger partial charge on any atom is -0.305 e. The zero-order chi connectivity index (χ0) is 20.9. The van der Waals surface area contributed by atoms with Gasteiger partial charge in [-0.1, -0.05) is 55.5 Å². The van der Waals surface area contributed by atoms with Crippen molar-refractivity contribution in [2.24, 2.45) is 0 Å². The average Bonchev–Trinajstić information content (AvgIpc) is 3.20. The number of rotatable bonds is 6. The number of para-hydroxylation sites is 1. The first-order chi connectivity index (χ1) is 14.7. The predicted octanol–water partition coefficient (Wildman–Crippen LogP) is 3.76. The van der Waals surface area contributed by atoms with Gasteiger partial charge in [0.15, 0.2) is 0 Å². The number of benzene rings is 2. The Morgan fingerprint density at radius 1 is 0.933 bits per heavy atom. The van der Waals surface area contributed by atoms with E-state index in [2.05, 4.69) is 15.5 Å². The van der Waals surface area contributed by atoms with Crippen molar-refractivity contribution in [2.45, 2.75) is 19.9 Å². The molecule has 0 bridgehead atoms. The van der Waals surface area contributed by atoms with Gasteiger partial charge in [-0.3, -0.25) is 9.59 Å². The van der Waals surface area contributed by atoms with E-state index in [1.807, 2.05) is 73.7 Å². The van der Waals surface area contributed by atoms with Crippen LogP contribution in [0, 0.1) is 0 Å². The molecule has 30 heavy (non-hydrogen) atoms. The Balaban J connectivity index is 1.71. The summed E-state index contributed by atoms with van der Waals surface area (Å²) in [6, 6.07) is 23.9. The Morgan fingerprint density at radius 2 is 1.63 bits per heavy atom. The van der Waals surface area contributed by atoms with Gasteiger partial charge in [-0.25, -0.2) is 9.36 Å². The Kier molecular flexibility index (Phi) is 5.52. The maximum absolute atomic E-state index is 12.9. The van der Waals surface area contributed by atoms with E-state index in [0.717, 1.165) is 23.4 Å². The van der Waals surface area contributed by atoms with E-state index in [-0.39, 0.29) is 11.3 Å². The molecular weight excluding hydrogens is 378 g/mol. The van der Waals surface area contributed by atoms with Gasteiger partial charge in [0.25, 0.3) is 11.5 Å². The maximum atomic E-state index is 12.9. The summed E-state index contributed by atoms with van der Waals surface area (Å²) in [5.41, 5.74) is 2.44. The van der Waals surface area contributed by atoms with Crippen LogP contribution in [0.5, 0.6) is 0 Å². The van der Waals surface area contributed by atoms with Crippen LogP contribution < -0.4 is 10.9 Å². The summed E-state index contributed by atoms with van der Waals surface area (Å²) >= 11 is 0. The minimum absolute atomic E-state index is 0.171. The van der Waals surface area contributed by atoms with Gasteiger partial charge in [0.2, 0.25) is 0 Å². The van der Waals surface area contributed by atoms with Crippen LogP contribution in [0.2, 0.25) is 0 Å². The number of nitrogens with zero attached hydrogens (tertiary/aromatic N) is 4. The molecule has 2 aromatic heterocycles. The van der Waals surface area contributed by atoms with Crippen molar-refractivity contribution in [3.05, 3.63) is 94.9 Å². The van der Waals surface area contributed by atoms with Gasteiger partial charge in [0.1, 0.15) is 11.5 Å². The van der Waals surface area contributed by atoms with Crippen LogP contribution in [-0.2, 0) is 6.54 Å². The molecule has 0 fully saturated rings. The molecule has 2 aromatic carbocycles. The molecule has 1 N–H and O–H groups in total. The zero-order valence-corrected chi connectivity index (χ0v) is 16.5. The molecule has 0 aliphatic carbocycles. The summed E-state index contributed by atoms with van der Waals surface area (Å²) in [4.78, 5) is 24.8. The number of hydrogen-bond donors (Lipinski definition) is 1. The highest BCUT2D eigenvalue weighted by Gasteiger charge is 2.16. The van der Waals surface area contributed by atoms with Crippen LogP contribution in [0.4, 0.5) is 5.82 Å². The normalized spacial score (nSPS) is 10.7. The molecule has 150 valence electrons. The lowest BCUT2D eigenvalue weighted by Crippen LogP contribution is -2.26. The number of nitrogens with one attached hydrogen (secondary N) is 1. The Bertz CT molecular complexity index is 1210. The molecule has 0 unspecified atom stereocenters. The summed E-state index contributed by atoms with van der Waals surface area (Å²) in [5, 5.41) is 11.8. The number of aryl methyl sites for hydroxylation is 1. The Hall–Kier alpha value is -4.00. The molecule has 0 saturated carbocycles.